The predicted molar refractivity (Wildman–Crippen MR) is 341 cm³/mol. The second kappa shape index (κ2) is 28.5. The summed E-state index contributed by atoms with van der Waals surface area (Å²) in [4.78, 5) is 49.7. The smallest absolute Gasteiger partial charge is 0.319 e. The van der Waals surface area contributed by atoms with Crippen LogP contribution in [0.4, 0.5) is 11.5 Å². The third-order valence-electron chi connectivity index (χ3n) is 17.3. The van der Waals surface area contributed by atoms with Crippen LogP contribution in [0.25, 0.3) is 55.3 Å². The molecule has 1 saturated carbocycles. The highest BCUT2D eigenvalue weighted by molar-refractivity contribution is 6.33. The van der Waals surface area contributed by atoms with Crippen LogP contribution in [0.15, 0.2) is 79.1 Å². The van der Waals surface area contributed by atoms with Gasteiger partial charge in [-0.05, 0) is 136 Å². The predicted octanol–water partition coefficient (Wildman–Crippen LogP) is 9.99. The monoisotopic (exact) mass is 1200 g/mol. The number of benzene rings is 4. The van der Waals surface area contributed by atoms with Gasteiger partial charge in [-0.1, -0.05) is 67.9 Å². The summed E-state index contributed by atoms with van der Waals surface area (Å²) in [6.07, 6.45) is 13.2. The first-order valence-electron chi connectivity index (χ1n) is 30.5. The molecule has 21 heteroatoms. The van der Waals surface area contributed by atoms with E-state index >= 15 is 0 Å². The van der Waals surface area contributed by atoms with Crippen LogP contribution in [0.1, 0.15) is 110 Å². The number of halogens is 1. The Bertz CT molecular complexity index is 3670. The molecule has 8 aromatic rings. The molecule has 13 rings (SSSR count). The normalized spacial score (nSPS) is 18.6. The highest BCUT2D eigenvalue weighted by Gasteiger charge is 2.41. The Morgan fingerprint density at radius 1 is 0.920 bits per heavy atom. The average molecular weight is 1200 g/mol. The summed E-state index contributed by atoms with van der Waals surface area (Å²) in [5.74, 6) is 1.84. The molecule has 4 atom stereocenters. The second-order valence-corrected chi connectivity index (χ2v) is 23.7. The number of aromatic amines is 1. The Kier molecular flexibility index (Phi) is 20.5. The second-order valence-electron chi connectivity index (χ2n) is 23.3. The zero-order valence-electron chi connectivity index (χ0n) is 51.2. The average Bonchev–Trinajstić information content (AvgIpc) is 1.79. The summed E-state index contributed by atoms with van der Waals surface area (Å²) >= 11 is 6.94. The number of aromatic nitrogens is 8. The van der Waals surface area contributed by atoms with Gasteiger partial charge in [0.15, 0.2) is 12.0 Å². The van der Waals surface area contributed by atoms with E-state index in [2.05, 4.69) is 109 Å². The maximum Gasteiger partial charge on any atom is 0.319 e. The van der Waals surface area contributed by atoms with Crippen LogP contribution in [0.2, 0.25) is 5.15 Å². The van der Waals surface area contributed by atoms with E-state index in [1.807, 2.05) is 70.3 Å². The lowest BCUT2D eigenvalue weighted by Gasteiger charge is -2.31. The van der Waals surface area contributed by atoms with Crippen LogP contribution >= 0.6 is 11.6 Å². The molecule has 0 amide bonds. The fraction of sp³-hybridized carbons (Fsp3) is 0.455. The zero-order valence-corrected chi connectivity index (χ0v) is 51.9. The van der Waals surface area contributed by atoms with Crippen molar-refractivity contribution in [3.8, 4) is 45.3 Å². The molecule has 4 aliphatic heterocycles. The van der Waals surface area contributed by atoms with Crippen molar-refractivity contribution in [3.05, 3.63) is 112 Å². The van der Waals surface area contributed by atoms with E-state index in [0.29, 0.717) is 65.9 Å². The number of carbonyl (C=O) groups excluding carboxylic acids is 3. The van der Waals surface area contributed by atoms with Crippen molar-refractivity contribution in [1.29, 1.82) is 0 Å². The van der Waals surface area contributed by atoms with Gasteiger partial charge in [-0.15, -0.1) is 0 Å². The molecular formula is C66H82ClN13O7. The summed E-state index contributed by atoms with van der Waals surface area (Å²) in [5, 5.41) is 35.7. The lowest BCUT2D eigenvalue weighted by molar-refractivity contribution is -0.112. The largest absolute Gasteiger partial charge is 0.486 e. The lowest BCUT2D eigenvalue weighted by Crippen LogP contribution is -2.44. The van der Waals surface area contributed by atoms with Gasteiger partial charge in [0.05, 0.1) is 42.2 Å². The van der Waals surface area contributed by atoms with Gasteiger partial charge in [-0.25, -0.2) is 4.68 Å². The molecule has 87 heavy (non-hydrogen) atoms. The molecule has 4 unspecified atom stereocenters. The number of likely N-dealkylation sites (tertiary alicyclic amines) is 1. The van der Waals surface area contributed by atoms with Gasteiger partial charge in [0, 0.05) is 99.0 Å². The van der Waals surface area contributed by atoms with Crippen molar-refractivity contribution in [2.24, 2.45) is 5.92 Å². The topological polar surface area (TPSA) is 232 Å². The molecule has 4 saturated heterocycles. The van der Waals surface area contributed by atoms with E-state index in [-0.39, 0.29) is 35.5 Å². The van der Waals surface area contributed by atoms with Crippen molar-refractivity contribution in [3.63, 3.8) is 0 Å². The zero-order chi connectivity index (χ0) is 61.3. The van der Waals surface area contributed by atoms with Crippen molar-refractivity contribution in [2.45, 2.75) is 129 Å². The molecule has 20 nitrogen and oxygen atoms in total. The van der Waals surface area contributed by atoms with Crippen LogP contribution in [-0.2, 0) is 34.0 Å². The number of aldehydes is 3. The number of nitrogens with zero attached hydrogens (tertiary/aromatic N) is 9. The number of piperazine rings is 1. The third-order valence-corrected chi connectivity index (χ3v) is 17.6. The number of nitrogens with one attached hydrogen (secondary N) is 4. The number of fused-ring (bicyclic) bond motifs is 4. The van der Waals surface area contributed by atoms with Crippen LogP contribution in [-0.4, -0.2) is 154 Å². The maximum atomic E-state index is 12.4. The van der Waals surface area contributed by atoms with Gasteiger partial charge < -0.3 is 49.8 Å². The number of aliphatic hydroxyl groups excluding tert-OH is 1. The molecule has 0 spiro atoms. The molecule has 5 N–H and O–H groups in total. The first-order chi connectivity index (χ1) is 42.4. The first kappa shape index (κ1) is 62.5. The number of aryl methyl sites for hydroxylation is 2. The number of hydrogen-bond donors (Lipinski definition) is 5. The van der Waals surface area contributed by atoms with Crippen LogP contribution in [0.5, 0.6) is 11.8 Å². The molecule has 8 heterocycles. The number of ether oxygens (including phenoxy) is 3. The minimum atomic E-state index is -0.623. The summed E-state index contributed by atoms with van der Waals surface area (Å²) < 4.78 is 23.0. The minimum Gasteiger partial charge on any atom is -0.486 e. The summed E-state index contributed by atoms with van der Waals surface area (Å²) in [7, 11) is 6.77. The maximum absolute atomic E-state index is 12.4. The lowest BCUT2D eigenvalue weighted by atomic mass is 9.89. The number of aliphatic hydroxyl groups is 1. The molecule has 5 fully saturated rings. The molecule has 4 aromatic heterocycles. The third kappa shape index (κ3) is 13.5. The summed E-state index contributed by atoms with van der Waals surface area (Å²) in [5.41, 5.74) is 12.7. The van der Waals surface area contributed by atoms with Gasteiger partial charge in [0.1, 0.15) is 53.5 Å². The quantitative estimate of drug-likeness (QED) is 0.0474. The van der Waals surface area contributed by atoms with Gasteiger partial charge in [-0.3, -0.25) is 19.5 Å². The Labute approximate surface area is 513 Å². The highest BCUT2D eigenvalue weighted by Crippen LogP contribution is 2.53. The van der Waals surface area contributed by atoms with Crippen molar-refractivity contribution < 1.29 is 33.7 Å². The van der Waals surface area contributed by atoms with E-state index in [0.717, 1.165) is 141 Å². The molecule has 1 aliphatic carbocycles. The van der Waals surface area contributed by atoms with E-state index in [1.165, 1.54) is 33.5 Å². The van der Waals surface area contributed by atoms with Crippen LogP contribution in [0.3, 0.4) is 0 Å². The Morgan fingerprint density at radius 3 is 2.33 bits per heavy atom. The van der Waals surface area contributed by atoms with E-state index in [4.69, 9.17) is 40.9 Å². The number of anilines is 2. The number of H-pyrrole nitrogens is 1. The van der Waals surface area contributed by atoms with Crippen molar-refractivity contribution in [2.75, 3.05) is 71.3 Å². The van der Waals surface area contributed by atoms with E-state index in [1.54, 1.807) is 0 Å². The number of rotatable bonds is 19. The van der Waals surface area contributed by atoms with Crippen molar-refractivity contribution >= 4 is 63.8 Å². The molecule has 0 radical (unpaired) electrons. The molecule has 2 bridgehead atoms. The summed E-state index contributed by atoms with van der Waals surface area (Å²) in [6, 6.07) is 23.8. The fourth-order valence-corrected chi connectivity index (χ4v) is 12.8. The number of carbonyl (C=O) groups is 3. The Morgan fingerprint density at radius 2 is 1.70 bits per heavy atom. The molecular weight excluding hydrogens is 1120 g/mol. The minimum absolute atomic E-state index is 0.0549. The molecule has 460 valence electrons. The van der Waals surface area contributed by atoms with Gasteiger partial charge >= 0.3 is 6.01 Å². The summed E-state index contributed by atoms with van der Waals surface area (Å²) in [6.45, 7) is 14.2. The number of likely N-dealkylation sites (N-methyl/N-ethyl adjacent to an activating group) is 1. The van der Waals surface area contributed by atoms with E-state index in [9.17, 15) is 14.4 Å². The number of hydrogen-bond acceptors (Lipinski definition) is 17. The van der Waals surface area contributed by atoms with Crippen molar-refractivity contribution in [1.82, 2.24) is 55.3 Å². The van der Waals surface area contributed by atoms with E-state index < -0.39 is 6.04 Å². The van der Waals surface area contributed by atoms with Crippen LogP contribution < -0.4 is 30.3 Å². The first-order valence-corrected chi connectivity index (χ1v) is 30.9. The van der Waals surface area contributed by atoms with Gasteiger partial charge in [0.25, 0.3) is 0 Å². The molecule has 5 aliphatic rings. The Hall–Kier alpha value is -7.59. The highest BCUT2D eigenvalue weighted by atomic mass is 35.5. The molecule has 4 aromatic carbocycles. The standard InChI is InChI=1S/C46H50ClN9O5.C13H17N3.C6H11NO.CH4O/c1-24(2)38(22-58)56-44(47)40(37(21-57)54-56)31-9-6-26(15-36(31)48-4)23-60-43-41(39-25(3)5-10-35-34(39)19-50-53-35)32(27-7-8-27)17-33-42(43)51-46(61-30-11-13-59-14-12-30)52-45(33)55-20-28-16-29(55)18-49-28;1-3-16-13(8-9-15-16)12-6-4-11(5-7-12)10-14-2;1-7-4-2-3-6(7)5-8;1-2/h5-6,9-10,15,17,19,21-22,24,27-30,38,48-49H,7-8,11-14,16,18,20,23H2,1-4H3,(H,50,53);4-9,14H,3,10H2,1-2H3;5-6H,2-4H2,1H3;2H,1H3. The van der Waals surface area contributed by atoms with Gasteiger partial charge in [-0.2, -0.15) is 25.3 Å². The SMILES string of the molecule is CCn1nccc1-c1ccc(CNC)cc1.CN1CCCC1C=O.CNc1cc(COc2c(-c3c(C)ccc4[nH]ncc34)c(C3CC3)cc3c(N4CC5CC4CN5)nc(OC4CCOCC4)nc23)ccc1-c1c(C=O)nn(C(C=O)C(C)C)c1Cl.CO. The Balaban J connectivity index is 0.000000266. The van der Waals surface area contributed by atoms with Gasteiger partial charge in [0.2, 0.25) is 0 Å². The van der Waals surface area contributed by atoms with Crippen LogP contribution in [0, 0.1) is 12.8 Å². The fourth-order valence-electron chi connectivity index (χ4n) is 12.5.